The molecule has 17 heteroatoms. The lowest BCUT2D eigenvalue weighted by Gasteiger charge is -2.25. The van der Waals surface area contributed by atoms with Crippen molar-refractivity contribution in [3.8, 4) is 0 Å². The van der Waals surface area contributed by atoms with Crippen LogP contribution in [0.5, 0.6) is 0 Å². The molecule has 0 bridgehead atoms. The number of hydrogen-bond acceptors (Lipinski definition) is 5. The summed E-state index contributed by atoms with van der Waals surface area (Å²) in [5, 5.41) is 27.2. The van der Waals surface area contributed by atoms with Gasteiger partial charge >= 0.3 is 12.4 Å². The zero-order valence-corrected chi connectivity index (χ0v) is 23.1. The summed E-state index contributed by atoms with van der Waals surface area (Å²) in [7, 11) is 4.31. The number of aliphatic hydroxyl groups is 2. The van der Waals surface area contributed by atoms with Crippen molar-refractivity contribution in [2.24, 2.45) is 7.05 Å². The van der Waals surface area contributed by atoms with Crippen LogP contribution >= 0.6 is 11.6 Å². The first kappa shape index (κ1) is 30.9. The molecular weight excluding hydrogens is 632 g/mol. The van der Waals surface area contributed by atoms with E-state index in [2.05, 4.69) is 20.8 Å². The molecule has 1 aliphatic heterocycles. The van der Waals surface area contributed by atoms with Crippen LogP contribution in [0.4, 0.5) is 40.8 Å². The third kappa shape index (κ3) is 5.37. The fraction of sp³-hybridized carbons (Fsp3) is 0.231. The fourth-order valence-corrected chi connectivity index (χ4v) is 5.67. The number of hydrogen-bond donors (Lipinski definition) is 3. The van der Waals surface area contributed by atoms with Crippen molar-refractivity contribution in [3.63, 3.8) is 0 Å². The number of aliphatic hydroxyl groups excluding tert-OH is 2. The number of fused-ring (bicyclic) bond motifs is 3. The minimum Gasteiger partial charge on any atom is -0.378 e. The number of aryl methyl sites for hydroxylation is 1. The molecule has 0 saturated heterocycles. The topological polar surface area (TPSA) is 90.6 Å². The Morgan fingerprint density at radius 3 is 2.35 bits per heavy atom. The number of carbonyl (C=O) groups excluding carboxylic acids is 1. The Morgan fingerprint density at radius 2 is 1.72 bits per heavy atom. The number of nitrogens with zero attached hydrogens (tertiary/aromatic N) is 3. The smallest absolute Gasteiger partial charge is 0.378 e. The van der Waals surface area contributed by atoms with Gasteiger partial charge in [0.15, 0.2) is 6.10 Å². The average Bonchev–Trinajstić information content (AvgIpc) is 3.36. The molecule has 1 aliphatic rings. The van der Waals surface area contributed by atoms with Gasteiger partial charge in [0.1, 0.15) is 33.8 Å². The first-order valence-electron chi connectivity index (χ1n) is 12.0. The number of nitrogens with one attached hydrogen (secondary N) is 1. The summed E-state index contributed by atoms with van der Waals surface area (Å²) in [5.74, 6) is -3.46. The number of rotatable bonds is 4. The predicted octanol–water partition coefficient (Wildman–Crippen LogP) is 5.85. The monoisotopic (exact) mass is 647 g/mol. The van der Waals surface area contributed by atoms with E-state index >= 15 is 0 Å². The Kier molecular flexibility index (Phi) is 7.57. The molecule has 3 N–H and O–H groups in total. The van der Waals surface area contributed by atoms with Gasteiger partial charge in [0.25, 0.3) is 5.91 Å². The second-order valence-electron chi connectivity index (χ2n) is 9.63. The Balaban J connectivity index is 1.78. The third-order valence-corrected chi connectivity index (χ3v) is 7.73. The van der Waals surface area contributed by atoms with Crippen molar-refractivity contribution in [1.82, 2.24) is 14.3 Å². The second kappa shape index (κ2) is 10.6. The lowest BCUT2D eigenvalue weighted by molar-refractivity contribution is -0.208. The normalized spacial score (nSPS) is 18.3. The van der Waals surface area contributed by atoms with Gasteiger partial charge in [0, 0.05) is 39.8 Å². The van der Waals surface area contributed by atoms with E-state index in [-0.39, 0.29) is 44.4 Å². The van der Waals surface area contributed by atoms with Crippen LogP contribution in [0.3, 0.4) is 0 Å². The van der Waals surface area contributed by atoms with Crippen molar-refractivity contribution >= 4 is 44.5 Å². The van der Waals surface area contributed by atoms with Gasteiger partial charge in [0.05, 0.1) is 17.3 Å². The molecule has 0 fully saturated rings. The molecular formula is C26H16ClF8N4O3Si. The van der Waals surface area contributed by atoms with Crippen molar-refractivity contribution in [1.29, 1.82) is 0 Å². The Morgan fingerprint density at radius 1 is 1.05 bits per heavy atom. The summed E-state index contributed by atoms with van der Waals surface area (Å²) >= 11 is 6.32. The maximum Gasteiger partial charge on any atom is 0.420 e. The summed E-state index contributed by atoms with van der Waals surface area (Å²) in [5.41, 5.74) is -3.94. The summed E-state index contributed by atoms with van der Waals surface area (Å²) < 4.78 is 111. The predicted molar refractivity (Wildman–Crippen MR) is 137 cm³/mol. The molecule has 4 aromatic rings. The van der Waals surface area contributed by atoms with Crippen LogP contribution in [0.1, 0.15) is 56.7 Å². The zero-order chi connectivity index (χ0) is 31.8. The van der Waals surface area contributed by atoms with Crippen LogP contribution in [0.15, 0.2) is 42.5 Å². The molecule has 5 rings (SSSR count). The maximum absolute atomic E-state index is 14.3. The van der Waals surface area contributed by atoms with E-state index in [1.807, 2.05) is 0 Å². The number of aromatic nitrogens is 2. The van der Waals surface area contributed by atoms with Gasteiger partial charge in [-0.3, -0.25) is 14.0 Å². The summed E-state index contributed by atoms with van der Waals surface area (Å²) in [4.78, 5) is 13.2. The Labute approximate surface area is 244 Å². The molecule has 1 amide bonds. The summed E-state index contributed by atoms with van der Waals surface area (Å²) in [6.07, 6.45) is -15.0. The van der Waals surface area contributed by atoms with E-state index in [0.717, 1.165) is 29.8 Å². The van der Waals surface area contributed by atoms with Crippen LogP contribution in [0, 0.1) is 11.6 Å². The molecule has 3 radical (unpaired) electrons. The van der Waals surface area contributed by atoms with E-state index in [0.29, 0.717) is 16.8 Å². The molecule has 0 spiro atoms. The maximum atomic E-state index is 14.3. The van der Waals surface area contributed by atoms with E-state index in [1.54, 1.807) is 0 Å². The number of anilines is 1. The van der Waals surface area contributed by atoms with Crippen LogP contribution in [0.25, 0.3) is 10.9 Å². The number of halogens is 9. The minimum absolute atomic E-state index is 0.0147. The largest absolute Gasteiger partial charge is 0.420 e. The first-order valence-corrected chi connectivity index (χ1v) is 12.8. The van der Waals surface area contributed by atoms with Crippen LogP contribution < -0.4 is 5.32 Å². The number of benzene rings is 3. The van der Waals surface area contributed by atoms with Gasteiger partial charge in [-0.05, 0) is 48.0 Å². The van der Waals surface area contributed by atoms with Gasteiger partial charge in [-0.2, -0.15) is 31.4 Å². The molecule has 225 valence electrons. The quantitative estimate of drug-likeness (QED) is 0.191. The highest BCUT2D eigenvalue weighted by atomic mass is 35.5. The molecule has 2 heterocycles. The second-order valence-corrected chi connectivity index (χ2v) is 10.6. The molecule has 43 heavy (non-hydrogen) atoms. The van der Waals surface area contributed by atoms with Crippen molar-refractivity contribution in [3.05, 3.63) is 92.6 Å². The third-order valence-electron chi connectivity index (χ3n) is 6.88. The highest BCUT2D eigenvalue weighted by Crippen LogP contribution is 2.52. The van der Waals surface area contributed by atoms with E-state index in [9.17, 15) is 50.1 Å². The van der Waals surface area contributed by atoms with Gasteiger partial charge in [-0.1, -0.05) is 11.6 Å². The average molecular weight is 648 g/mol. The molecule has 7 nitrogen and oxygen atoms in total. The van der Waals surface area contributed by atoms with Crippen molar-refractivity contribution < 1.29 is 50.1 Å². The van der Waals surface area contributed by atoms with Crippen molar-refractivity contribution in [2.75, 3.05) is 5.32 Å². The van der Waals surface area contributed by atoms with Crippen LogP contribution in [-0.4, -0.2) is 47.0 Å². The summed E-state index contributed by atoms with van der Waals surface area (Å²) in [6.45, 7) is 0. The minimum atomic E-state index is -5.17. The van der Waals surface area contributed by atoms with Crippen LogP contribution in [-0.2, 0) is 13.2 Å². The van der Waals surface area contributed by atoms with Gasteiger partial charge in [-0.15, -0.1) is 0 Å². The van der Waals surface area contributed by atoms with E-state index < -0.39 is 65.1 Å². The lowest BCUT2D eigenvalue weighted by Crippen LogP contribution is -2.24. The number of alkyl halides is 6. The van der Waals surface area contributed by atoms with E-state index in [4.69, 9.17) is 11.6 Å². The zero-order valence-electron chi connectivity index (χ0n) is 21.3. The molecule has 3 aromatic carbocycles. The summed E-state index contributed by atoms with van der Waals surface area (Å²) in [6, 6.07) is 3.99. The standard InChI is InChI=1S/C26H16ClF8N4O3Si/c1-38-21(22(40)26(33,34)35)14-8-16(36-23(41)9-4-10(25(30,31)32)6-12(29)5-9)17-18(19(14)37-38)24(42)39(43)20(17)13-7-11(28)2-3-15(13)27/h2-8,20,22,24,40,42H,1H3,(H,36,41)/t20-,22-,24?/m1/s1. The molecule has 0 aliphatic carbocycles. The molecule has 3 atom stereocenters. The highest BCUT2D eigenvalue weighted by Gasteiger charge is 2.46. The van der Waals surface area contributed by atoms with Crippen LogP contribution in [0.2, 0.25) is 5.02 Å². The molecule has 1 aromatic heterocycles. The Bertz CT molecular complexity index is 1780. The van der Waals surface area contributed by atoms with Gasteiger partial charge < -0.3 is 15.5 Å². The van der Waals surface area contributed by atoms with Gasteiger partial charge in [-0.25, -0.2) is 8.78 Å². The molecule has 1 unspecified atom stereocenters. The lowest BCUT2D eigenvalue weighted by atomic mass is 9.93. The highest BCUT2D eigenvalue weighted by molar-refractivity contribution is 6.31. The fourth-order valence-electron chi connectivity index (χ4n) is 5.06. The van der Waals surface area contributed by atoms with Gasteiger partial charge in [0.2, 0.25) is 0 Å². The van der Waals surface area contributed by atoms with Crippen molar-refractivity contribution in [2.45, 2.75) is 30.7 Å². The first-order chi connectivity index (χ1) is 19.9. The SMILES string of the molecule is Cn1nc2c3c(c(NC(=O)c4cc(F)cc(C(F)(F)F)c4)cc2c1[C@@H](O)C(F)(F)F)[C@@H](c1cc(F)ccc1Cl)N([Si])C3O. The molecule has 0 saturated carbocycles. The number of carbonyl (C=O) groups is 1. The van der Waals surface area contributed by atoms with E-state index in [1.165, 1.54) is 6.07 Å². The number of amides is 1. The Hall–Kier alpha value is -3.57.